The second-order valence-electron chi connectivity index (χ2n) is 6.91. The predicted molar refractivity (Wildman–Crippen MR) is 120 cm³/mol. The molecule has 11 heteroatoms. The lowest BCUT2D eigenvalue weighted by Gasteiger charge is -2.13. The highest BCUT2D eigenvalue weighted by Gasteiger charge is 2.33. The van der Waals surface area contributed by atoms with Crippen LogP contribution in [0.3, 0.4) is 0 Å². The Morgan fingerprint density at radius 2 is 1.94 bits per heavy atom. The van der Waals surface area contributed by atoms with E-state index in [0.717, 1.165) is 23.9 Å². The Hall–Kier alpha value is -3.24. The number of hydrogen-bond acceptors (Lipinski definition) is 5. The van der Waals surface area contributed by atoms with E-state index in [0.29, 0.717) is 16.7 Å². The number of thioether (sulfide) groups is 1. The molecule has 0 unspecified atom stereocenters. The summed E-state index contributed by atoms with van der Waals surface area (Å²) in [6.07, 6.45) is -3.17. The van der Waals surface area contributed by atoms with Crippen LogP contribution in [0.5, 0.6) is 0 Å². The lowest BCUT2D eigenvalue weighted by molar-refractivity contribution is -0.137. The average Bonchev–Trinajstić information content (AvgIpc) is 3.28. The van der Waals surface area contributed by atoms with Gasteiger partial charge in [-0.2, -0.15) is 13.2 Å². The summed E-state index contributed by atoms with van der Waals surface area (Å²) < 4.78 is 45.9. The number of para-hydroxylation sites is 1. The summed E-state index contributed by atoms with van der Waals surface area (Å²) in [5.41, 5.74) is -0.920. The van der Waals surface area contributed by atoms with Gasteiger partial charge in [0.25, 0.3) is 5.56 Å². The van der Waals surface area contributed by atoms with Crippen LogP contribution in [0.4, 0.5) is 18.9 Å². The molecule has 4 rings (SSSR count). The first-order valence-electron chi connectivity index (χ1n) is 9.54. The maximum atomic E-state index is 13.1. The van der Waals surface area contributed by atoms with E-state index in [1.54, 1.807) is 36.4 Å². The lowest BCUT2D eigenvalue weighted by atomic mass is 10.2. The van der Waals surface area contributed by atoms with Gasteiger partial charge in [-0.05, 0) is 42.5 Å². The zero-order valence-corrected chi connectivity index (χ0v) is 18.3. The molecule has 170 valence electrons. The van der Waals surface area contributed by atoms with Crippen molar-refractivity contribution in [3.05, 3.63) is 87.6 Å². The number of hydrogen-bond donors (Lipinski definition) is 1. The molecular formula is C22H15ClF3N3O3S. The SMILES string of the molecule is O=C(CSc1nc2ccccc2c(=O)n1Cc1ccco1)Nc1ccc(Cl)c(C(F)(F)F)c1. The van der Waals surface area contributed by atoms with Crippen LogP contribution in [0.2, 0.25) is 5.02 Å². The molecule has 2 aromatic heterocycles. The minimum Gasteiger partial charge on any atom is -0.467 e. The van der Waals surface area contributed by atoms with Gasteiger partial charge in [0.15, 0.2) is 5.16 Å². The average molecular weight is 494 g/mol. The Kier molecular flexibility index (Phi) is 6.48. The highest BCUT2D eigenvalue weighted by atomic mass is 35.5. The molecule has 0 saturated carbocycles. The molecule has 0 atom stereocenters. The van der Waals surface area contributed by atoms with Crippen LogP contribution in [-0.2, 0) is 17.5 Å². The highest BCUT2D eigenvalue weighted by molar-refractivity contribution is 7.99. The van der Waals surface area contributed by atoms with Crippen molar-refractivity contribution in [3.63, 3.8) is 0 Å². The Morgan fingerprint density at radius 1 is 1.15 bits per heavy atom. The van der Waals surface area contributed by atoms with E-state index < -0.39 is 22.7 Å². The summed E-state index contributed by atoms with van der Waals surface area (Å²) in [5, 5.41) is 2.65. The van der Waals surface area contributed by atoms with Crippen molar-refractivity contribution >= 4 is 45.9 Å². The van der Waals surface area contributed by atoms with E-state index in [1.165, 1.54) is 16.9 Å². The summed E-state index contributed by atoms with van der Waals surface area (Å²) in [6, 6.07) is 13.3. The van der Waals surface area contributed by atoms with E-state index in [-0.39, 0.29) is 28.7 Å². The van der Waals surface area contributed by atoms with Crippen molar-refractivity contribution in [2.75, 3.05) is 11.1 Å². The maximum absolute atomic E-state index is 13.1. The molecule has 0 bridgehead atoms. The van der Waals surface area contributed by atoms with Crippen LogP contribution in [0.15, 0.2) is 75.2 Å². The number of benzene rings is 2. The van der Waals surface area contributed by atoms with Crippen molar-refractivity contribution in [1.82, 2.24) is 9.55 Å². The fourth-order valence-corrected chi connectivity index (χ4v) is 4.13. The number of rotatable bonds is 6. The molecule has 0 aliphatic rings. The third-order valence-electron chi connectivity index (χ3n) is 4.61. The number of alkyl halides is 3. The third-order valence-corrected chi connectivity index (χ3v) is 5.91. The van der Waals surface area contributed by atoms with E-state index in [4.69, 9.17) is 16.0 Å². The van der Waals surface area contributed by atoms with Crippen LogP contribution in [0.1, 0.15) is 11.3 Å². The Bertz CT molecular complexity index is 1370. The van der Waals surface area contributed by atoms with E-state index >= 15 is 0 Å². The molecule has 0 fully saturated rings. The fraction of sp³-hybridized carbons (Fsp3) is 0.136. The molecule has 0 radical (unpaired) electrons. The number of carbonyl (C=O) groups excluding carboxylic acids is 1. The number of furan rings is 1. The van der Waals surface area contributed by atoms with Gasteiger partial charge in [-0.3, -0.25) is 14.2 Å². The molecule has 1 amide bonds. The van der Waals surface area contributed by atoms with Crippen LogP contribution in [0, 0.1) is 0 Å². The van der Waals surface area contributed by atoms with E-state index in [9.17, 15) is 22.8 Å². The minimum atomic E-state index is -4.65. The van der Waals surface area contributed by atoms with Crippen molar-refractivity contribution < 1.29 is 22.4 Å². The number of fused-ring (bicyclic) bond motifs is 1. The van der Waals surface area contributed by atoms with Gasteiger partial charge in [0, 0.05) is 5.69 Å². The van der Waals surface area contributed by atoms with Crippen molar-refractivity contribution in [2.45, 2.75) is 17.9 Å². The molecule has 0 saturated heterocycles. The van der Waals surface area contributed by atoms with Gasteiger partial charge >= 0.3 is 6.18 Å². The first-order chi connectivity index (χ1) is 15.7. The summed E-state index contributed by atoms with van der Waals surface area (Å²) >= 11 is 6.60. The number of halogens is 4. The topological polar surface area (TPSA) is 77.1 Å². The van der Waals surface area contributed by atoms with Gasteiger partial charge in [0.05, 0.1) is 40.0 Å². The Balaban J connectivity index is 1.56. The number of nitrogens with one attached hydrogen (secondary N) is 1. The number of aromatic nitrogens is 2. The Morgan fingerprint density at radius 3 is 2.67 bits per heavy atom. The second-order valence-corrected chi connectivity index (χ2v) is 8.26. The van der Waals surface area contributed by atoms with Gasteiger partial charge in [-0.1, -0.05) is 35.5 Å². The van der Waals surface area contributed by atoms with Gasteiger partial charge < -0.3 is 9.73 Å². The van der Waals surface area contributed by atoms with Crippen molar-refractivity contribution in [1.29, 1.82) is 0 Å². The summed E-state index contributed by atoms with van der Waals surface area (Å²) in [6.45, 7) is 0.111. The number of anilines is 1. The van der Waals surface area contributed by atoms with Crippen LogP contribution >= 0.6 is 23.4 Å². The van der Waals surface area contributed by atoms with E-state index in [2.05, 4.69) is 10.3 Å². The quantitative estimate of drug-likeness (QED) is 0.286. The molecule has 6 nitrogen and oxygen atoms in total. The Labute approximate surface area is 194 Å². The number of amides is 1. The van der Waals surface area contributed by atoms with Crippen molar-refractivity contribution in [3.8, 4) is 0 Å². The van der Waals surface area contributed by atoms with Gasteiger partial charge in [-0.25, -0.2) is 4.98 Å². The molecule has 2 aromatic carbocycles. The molecule has 1 N–H and O–H groups in total. The van der Waals surface area contributed by atoms with Crippen LogP contribution in [-0.4, -0.2) is 21.2 Å². The summed E-state index contributed by atoms with van der Waals surface area (Å²) in [5.74, 6) is -0.226. The first-order valence-corrected chi connectivity index (χ1v) is 10.9. The monoisotopic (exact) mass is 493 g/mol. The van der Waals surface area contributed by atoms with E-state index in [1.807, 2.05) is 0 Å². The van der Waals surface area contributed by atoms with Gasteiger partial charge in [-0.15, -0.1) is 0 Å². The highest BCUT2D eigenvalue weighted by Crippen LogP contribution is 2.36. The number of nitrogens with zero attached hydrogens (tertiary/aromatic N) is 2. The second kappa shape index (κ2) is 9.32. The molecular weight excluding hydrogens is 479 g/mol. The predicted octanol–water partition coefficient (Wildman–Crippen LogP) is 5.44. The normalized spacial score (nSPS) is 11.6. The molecule has 0 aliphatic heterocycles. The molecule has 0 aliphatic carbocycles. The first kappa shape index (κ1) is 22.9. The zero-order valence-electron chi connectivity index (χ0n) is 16.7. The lowest BCUT2D eigenvalue weighted by Crippen LogP contribution is -2.24. The largest absolute Gasteiger partial charge is 0.467 e. The fourth-order valence-electron chi connectivity index (χ4n) is 3.10. The van der Waals surface area contributed by atoms with Crippen LogP contribution < -0.4 is 10.9 Å². The molecule has 0 spiro atoms. The third kappa shape index (κ3) is 5.23. The summed E-state index contributed by atoms with van der Waals surface area (Å²) in [4.78, 5) is 29.9. The molecule has 4 aromatic rings. The maximum Gasteiger partial charge on any atom is 0.417 e. The molecule has 2 heterocycles. The standard InChI is InChI=1S/C22H15ClF3N3O3S/c23-17-8-7-13(10-16(17)22(24,25)26)27-19(30)12-33-21-28-18-6-2-1-5-15(18)20(31)29(21)11-14-4-3-9-32-14/h1-10H,11-12H2,(H,27,30). The molecule has 33 heavy (non-hydrogen) atoms. The van der Waals surface area contributed by atoms with Gasteiger partial charge in [0.1, 0.15) is 5.76 Å². The summed E-state index contributed by atoms with van der Waals surface area (Å²) in [7, 11) is 0. The minimum absolute atomic E-state index is 0.0447. The van der Waals surface area contributed by atoms with Crippen molar-refractivity contribution in [2.24, 2.45) is 0 Å². The van der Waals surface area contributed by atoms with Crippen LogP contribution in [0.25, 0.3) is 10.9 Å². The van der Waals surface area contributed by atoms with Gasteiger partial charge in [0.2, 0.25) is 5.91 Å². The zero-order chi connectivity index (χ0) is 23.6. The number of carbonyl (C=O) groups is 1. The smallest absolute Gasteiger partial charge is 0.417 e.